The Labute approximate surface area is 102 Å². The molecule has 17 heavy (non-hydrogen) atoms. The highest BCUT2D eigenvalue weighted by Gasteiger charge is 2.65. The smallest absolute Gasteiger partial charge is 0.227 e. The zero-order chi connectivity index (χ0) is 14.2. The minimum Gasteiger partial charge on any atom is -0.227 e. The minimum atomic E-state index is -5.14. The molecule has 104 valence electrons. The van der Waals surface area contributed by atoms with Crippen LogP contribution in [0.15, 0.2) is 0 Å². The average Bonchev–Trinajstić information content (AvgIpc) is 1.98. The van der Waals surface area contributed by atoms with Gasteiger partial charge in [0.2, 0.25) is 16.5 Å². The van der Waals surface area contributed by atoms with E-state index in [1.807, 2.05) is 0 Å². The summed E-state index contributed by atoms with van der Waals surface area (Å²) in [6.07, 6.45) is 0. The predicted molar refractivity (Wildman–Crippen MR) is 66.0 cm³/mol. The fourth-order valence-corrected chi connectivity index (χ4v) is 16.2. The third-order valence-corrected chi connectivity index (χ3v) is 18.2. The van der Waals surface area contributed by atoms with Gasteiger partial charge in [0.1, 0.15) is 0 Å². The van der Waals surface area contributed by atoms with Gasteiger partial charge in [-0.05, 0) is 16.6 Å². The first kappa shape index (κ1) is 17.0. The SMILES string of the molecule is CC(C)[Si](C(C)C)(C(C)C)S(=O)(=O)C(F)(F)F. The van der Waals surface area contributed by atoms with Crippen molar-refractivity contribution in [3.63, 3.8) is 0 Å². The Morgan fingerprint density at radius 2 is 1.06 bits per heavy atom. The van der Waals surface area contributed by atoms with E-state index in [-0.39, 0.29) is 0 Å². The summed E-state index contributed by atoms with van der Waals surface area (Å²) in [6, 6.07) is 0. The van der Waals surface area contributed by atoms with Gasteiger partial charge in [0.15, 0.2) is 0 Å². The van der Waals surface area contributed by atoms with Gasteiger partial charge in [-0.3, -0.25) is 0 Å². The second kappa shape index (κ2) is 4.91. The first-order valence-electron chi connectivity index (χ1n) is 5.64. The van der Waals surface area contributed by atoms with Crippen LogP contribution in [0, 0.1) is 0 Å². The van der Waals surface area contributed by atoms with E-state index in [1.54, 1.807) is 41.5 Å². The van der Waals surface area contributed by atoms with Gasteiger partial charge in [0, 0.05) is 0 Å². The minimum absolute atomic E-state index is 0.464. The van der Waals surface area contributed by atoms with Gasteiger partial charge < -0.3 is 0 Å². The first-order chi connectivity index (χ1) is 7.33. The lowest BCUT2D eigenvalue weighted by atomic mass is 10.5. The highest BCUT2D eigenvalue weighted by atomic mass is 32.4. The molecule has 0 aliphatic rings. The Morgan fingerprint density at radius 1 is 0.824 bits per heavy atom. The number of halogens is 3. The second-order valence-electron chi connectivity index (χ2n) is 5.27. The van der Waals surface area contributed by atoms with Gasteiger partial charge in [-0.15, -0.1) is 0 Å². The Hall–Kier alpha value is -0.0431. The molecule has 0 fully saturated rings. The van der Waals surface area contributed by atoms with E-state index in [4.69, 9.17) is 0 Å². The van der Waals surface area contributed by atoms with Crippen molar-refractivity contribution in [1.82, 2.24) is 0 Å². The molecular formula is C10H21F3O2SSi. The van der Waals surface area contributed by atoms with E-state index >= 15 is 0 Å². The van der Waals surface area contributed by atoms with E-state index in [0.717, 1.165) is 0 Å². The van der Waals surface area contributed by atoms with Crippen molar-refractivity contribution in [1.29, 1.82) is 0 Å². The normalized spacial score (nSPS) is 15.1. The molecule has 0 saturated carbocycles. The Bertz CT molecular complexity index is 336. The number of rotatable bonds is 4. The van der Waals surface area contributed by atoms with E-state index < -0.39 is 38.6 Å². The Morgan fingerprint density at radius 3 is 1.12 bits per heavy atom. The van der Waals surface area contributed by atoms with Crippen molar-refractivity contribution < 1.29 is 21.6 Å². The summed E-state index contributed by atoms with van der Waals surface area (Å²) >= 11 is 0. The van der Waals surface area contributed by atoms with Crippen molar-refractivity contribution in [2.75, 3.05) is 0 Å². The maximum Gasteiger partial charge on any atom is 0.491 e. The van der Waals surface area contributed by atoms with Crippen LogP contribution in [0.25, 0.3) is 0 Å². The monoisotopic (exact) mass is 290 g/mol. The van der Waals surface area contributed by atoms with Gasteiger partial charge in [-0.2, -0.15) is 13.2 Å². The Balaban J connectivity index is 6.17. The molecule has 7 heteroatoms. The fraction of sp³-hybridized carbons (Fsp3) is 1.00. The molecule has 0 N–H and O–H groups in total. The molecule has 0 radical (unpaired) electrons. The molecule has 2 nitrogen and oxygen atoms in total. The number of hydrogen-bond donors (Lipinski definition) is 0. The van der Waals surface area contributed by atoms with Crippen molar-refractivity contribution in [3.8, 4) is 0 Å². The highest BCUT2D eigenvalue weighted by molar-refractivity contribution is 8.23. The van der Waals surface area contributed by atoms with Crippen LogP contribution >= 0.6 is 0 Å². The van der Waals surface area contributed by atoms with Gasteiger partial charge in [-0.25, -0.2) is 8.42 Å². The van der Waals surface area contributed by atoms with E-state index in [9.17, 15) is 21.6 Å². The molecule has 0 rings (SSSR count). The zero-order valence-corrected chi connectivity index (χ0v) is 12.9. The summed E-state index contributed by atoms with van der Waals surface area (Å²) in [5, 5.41) is 0. The van der Waals surface area contributed by atoms with Crippen LogP contribution in [0.2, 0.25) is 16.6 Å². The van der Waals surface area contributed by atoms with E-state index in [0.29, 0.717) is 0 Å². The second-order valence-corrected chi connectivity index (χ2v) is 15.6. The van der Waals surface area contributed by atoms with Gasteiger partial charge in [0.05, 0.1) is 0 Å². The maximum absolute atomic E-state index is 12.9. The lowest BCUT2D eigenvalue weighted by molar-refractivity contribution is -0.0418. The highest BCUT2D eigenvalue weighted by Crippen LogP contribution is 2.50. The van der Waals surface area contributed by atoms with Crippen molar-refractivity contribution in [2.45, 2.75) is 63.7 Å². The lowest BCUT2D eigenvalue weighted by Crippen LogP contribution is -2.57. The molecule has 0 bridgehead atoms. The molecule has 0 unspecified atom stereocenters. The molecule has 0 spiro atoms. The van der Waals surface area contributed by atoms with Crippen LogP contribution in [0.3, 0.4) is 0 Å². The quantitative estimate of drug-likeness (QED) is 0.731. The van der Waals surface area contributed by atoms with Gasteiger partial charge in [0.25, 0.3) is 0 Å². The molecule has 0 aromatic heterocycles. The molecule has 0 saturated heterocycles. The average molecular weight is 290 g/mol. The Kier molecular flexibility index (Phi) is 4.90. The third kappa shape index (κ3) is 2.40. The van der Waals surface area contributed by atoms with Crippen LogP contribution < -0.4 is 0 Å². The van der Waals surface area contributed by atoms with Crippen LogP contribution in [0.4, 0.5) is 13.2 Å². The van der Waals surface area contributed by atoms with Crippen molar-refractivity contribution in [3.05, 3.63) is 0 Å². The molecule has 0 aromatic carbocycles. The topological polar surface area (TPSA) is 34.1 Å². The maximum atomic E-state index is 12.9. The molecule has 0 amide bonds. The first-order valence-corrected chi connectivity index (χ1v) is 10.1. The van der Waals surface area contributed by atoms with Crippen LogP contribution in [-0.2, 0) is 9.29 Å². The fourth-order valence-electron chi connectivity index (χ4n) is 3.13. The molecule has 0 aromatic rings. The van der Waals surface area contributed by atoms with E-state index in [2.05, 4.69) is 0 Å². The van der Waals surface area contributed by atoms with Crippen molar-refractivity contribution >= 4 is 16.5 Å². The summed E-state index contributed by atoms with van der Waals surface area (Å²) in [5.41, 5.74) is -6.53. The summed E-state index contributed by atoms with van der Waals surface area (Å²) in [7, 11) is -8.60. The summed E-state index contributed by atoms with van der Waals surface area (Å²) in [4.78, 5) is 0. The lowest BCUT2D eigenvalue weighted by Gasteiger charge is -2.41. The molecular weight excluding hydrogens is 269 g/mol. The summed E-state index contributed by atoms with van der Waals surface area (Å²) < 4.78 is 62.4. The number of alkyl halides is 3. The van der Waals surface area contributed by atoms with Crippen LogP contribution in [0.1, 0.15) is 41.5 Å². The van der Waals surface area contributed by atoms with Crippen molar-refractivity contribution in [2.24, 2.45) is 0 Å². The predicted octanol–water partition coefficient (Wildman–Crippen LogP) is 4.10. The van der Waals surface area contributed by atoms with Crippen LogP contribution in [0.5, 0.6) is 0 Å². The largest absolute Gasteiger partial charge is 0.491 e. The molecule has 0 aliphatic carbocycles. The van der Waals surface area contributed by atoms with E-state index in [1.165, 1.54) is 0 Å². The summed E-state index contributed by atoms with van der Waals surface area (Å²) in [5.74, 6) is 0. The molecule has 0 atom stereocenters. The van der Waals surface area contributed by atoms with Crippen LogP contribution in [-0.4, -0.2) is 21.1 Å². The van der Waals surface area contributed by atoms with Gasteiger partial charge in [-0.1, -0.05) is 41.5 Å². The zero-order valence-electron chi connectivity index (χ0n) is 11.1. The third-order valence-electron chi connectivity index (χ3n) is 3.48. The number of hydrogen-bond acceptors (Lipinski definition) is 2. The molecule has 0 aliphatic heterocycles. The van der Waals surface area contributed by atoms with Gasteiger partial charge >= 0.3 is 5.51 Å². The standard InChI is InChI=1S/C10H21F3O2SSi/c1-7(2)17(8(3)4,9(5)6)16(14,15)10(11,12)13/h7-9H,1-6H3. The molecule has 0 heterocycles. The summed E-state index contributed by atoms with van der Waals surface area (Å²) in [6.45, 7) is 9.56.